The molecule has 0 radical (unpaired) electrons. The molecule has 2 rings (SSSR count). The predicted octanol–water partition coefficient (Wildman–Crippen LogP) is 2.35. The van der Waals surface area contributed by atoms with Crippen molar-refractivity contribution < 1.29 is 14.3 Å². The van der Waals surface area contributed by atoms with Crippen molar-refractivity contribution in [3.63, 3.8) is 0 Å². The Morgan fingerprint density at radius 3 is 2.90 bits per heavy atom. The maximum absolute atomic E-state index is 11.3. The lowest BCUT2D eigenvalue weighted by molar-refractivity contribution is -0.116. The van der Waals surface area contributed by atoms with Gasteiger partial charge in [0, 0.05) is 18.7 Å². The molecule has 1 aliphatic rings. The number of benzene rings is 1. The quantitative estimate of drug-likeness (QED) is 0.593. The number of hydrogen-bond acceptors (Lipinski definition) is 4. The van der Waals surface area contributed by atoms with Gasteiger partial charge in [0.15, 0.2) is 0 Å². The fourth-order valence-electron chi connectivity index (χ4n) is 2.11. The van der Waals surface area contributed by atoms with Crippen molar-refractivity contribution in [3.05, 3.63) is 17.7 Å². The van der Waals surface area contributed by atoms with Gasteiger partial charge in [-0.2, -0.15) is 0 Å². The molecule has 0 aliphatic carbocycles. The molecule has 0 fully saturated rings. The predicted molar refractivity (Wildman–Crippen MR) is 79.0 cm³/mol. The lowest BCUT2D eigenvalue weighted by Crippen LogP contribution is -2.19. The van der Waals surface area contributed by atoms with Gasteiger partial charge in [0.25, 0.3) is 0 Å². The fourth-order valence-corrected chi connectivity index (χ4v) is 2.11. The second-order valence-electron chi connectivity index (χ2n) is 4.91. The van der Waals surface area contributed by atoms with Gasteiger partial charge in [0.05, 0.1) is 12.3 Å². The van der Waals surface area contributed by atoms with Crippen molar-refractivity contribution in [1.29, 1.82) is 0 Å². The van der Waals surface area contributed by atoms with E-state index in [9.17, 15) is 4.79 Å². The zero-order valence-electron chi connectivity index (χ0n) is 11.9. The van der Waals surface area contributed by atoms with Crippen molar-refractivity contribution in [3.8, 4) is 5.75 Å². The van der Waals surface area contributed by atoms with Gasteiger partial charge in [0.1, 0.15) is 12.4 Å². The van der Waals surface area contributed by atoms with Crippen LogP contribution in [-0.4, -0.2) is 25.7 Å². The number of nitrogens with two attached hydrogens (primary N) is 1. The molecule has 1 aromatic rings. The molecule has 1 aliphatic heterocycles. The summed E-state index contributed by atoms with van der Waals surface area (Å²) in [6.07, 6.45) is 3.44. The van der Waals surface area contributed by atoms with Gasteiger partial charge in [-0.3, -0.25) is 4.79 Å². The lowest BCUT2D eigenvalue weighted by atomic mass is 10.0. The molecule has 20 heavy (non-hydrogen) atoms. The van der Waals surface area contributed by atoms with E-state index in [1.807, 2.05) is 6.07 Å². The first-order valence-corrected chi connectivity index (χ1v) is 7.13. The smallest absolute Gasteiger partial charge is 0.224 e. The maximum atomic E-state index is 11.3. The minimum Gasteiger partial charge on any atom is -0.489 e. The summed E-state index contributed by atoms with van der Waals surface area (Å²) < 4.78 is 11.1. The zero-order valence-corrected chi connectivity index (χ0v) is 11.9. The van der Waals surface area contributed by atoms with Crippen molar-refractivity contribution in [2.75, 3.05) is 30.9 Å². The number of amides is 1. The highest BCUT2D eigenvalue weighted by molar-refractivity contribution is 5.94. The van der Waals surface area contributed by atoms with Crippen LogP contribution in [0.4, 0.5) is 11.4 Å². The fraction of sp³-hybridized carbons (Fsp3) is 0.533. The molecule has 0 aromatic heterocycles. The second-order valence-corrected chi connectivity index (χ2v) is 4.91. The molecular formula is C15H22N2O3. The van der Waals surface area contributed by atoms with E-state index >= 15 is 0 Å². The molecule has 5 nitrogen and oxygen atoms in total. The largest absolute Gasteiger partial charge is 0.489 e. The highest BCUT2D eigenvalue weighted by atomic mass is 16.5. The van der Waals surface area contributed by atoms with E-state index in [-0.39, 0.29) is 5.91 Å². The molecule has 0 spiro atoms. The summed E-state index contributed by atoms with van der Waals surface area (Å²) >= 11 is 0. The Bertz CT molecular complexity index is 474. The zero-order chi connectivity index (χ0) is 14.4. The maximum Gasteiger partial charge on any atom is 0.224 e. The first-order valence-electron chi connectivity index (χ1n) is 7.13. The third-order valence-electron chi connectivity index (χ3n) is 3.26. The molecule has 5 heteroatoms. The first kappa shape index (κ1) is 14.7. The summed E-state index contributed by atoms with van der Waals surface area (Å²) in [4.78, 5) is 11.3. The average Bonchev–Trinajstić information content (AvgIpc) is 2.43. The van der Waals surface area contributed by atoms with E-state index < -0.39 is 0 Å². The van der Waals surface area contributed by atoms with Crippen LogP contribution in [0.5, 0.6) is 5.75 Å². The number of nitrogens with one attached hydrogen (secondary N) is 1. The van der Waals surface area contributed by atoms with Crippen LogP contribution in [0.1, 0.15) is 31.7 Å². The van der Waals surface area contributed by atoms with E-state index in [4.69, 9.17) is 15.2 Å². The third kappa shape index (κ3) is 3.87. The topological polar surface area (TPSA) is 73.6 Å². The molecule has 0 saturated heterocycles. The van der Waals surface area contributed by atoms with Gasteiger partial charge in [-0.15, -0.1) is 0 Å². The summed E-state index contributed by atoms with van der Waals surface area (Å²) in [7, 11) is 0. The number of nitrogen functional groups attached to an aromatic ring is 1. The van der Waals surface area contributed by atoms with Crippen molar-refractivity contribution in [1.82, 2.24) is 0 Å². The van der Waals surface area contributed by atoms with E-state index in [2.05, 4.69) is 12.2 Å². The van der Waals surface area contributed by atoms with Gasteiger partial charge in [-0.1, -0.05) is 13.3 Å². The molecule has 0 unspecified atom stereocenters. The second kappa shape index (κ2) is 7.14. The molecule has 0 bridgehead atoms. The Balaban J connectivity index is 1.87. The number of carbonyl (C=O) groups is 1. The number of hydrogen-bond donors (Lipinski definition) is 2. The van der Waals surface area contributed by atoms with Crippen molar-refractivity contribution >= 4 is 17.3 Å². The number of unbranched alkanes of at least 4 members (excludes halogenated alkanes) is 1. The summed E-state index contributed by atoms with van der Waals surface area (Å²) in [6.45, 7) is 3.95. The molecule has 1 amide bonds. The molecular weight excluding hydrogens is 256 g/mol. The Kier molecular flexibility index (Phi) is 5.24. The minimum atomic E-state index is 0.0369. The number of rotatable bonds is 7. The Morgan fingerprint density at radius 1 is 1.25 bits per heavy atom. The first-order chi connectivity index (χ1) is 9.70. The standard InChI is InChI=1S/C15H22N2O3/c1-2-3-6-19-7-8-20-14-9-11-4-5-15(18)17-13(11)10-12(14)16/h9-10H,2-8,16H2,1H3,(H,17,18). The van der Waals surface area contributed by atoms with Crippen LogP contribution < -0.4 is 15.8 Å². The van der Waals surface area contributed by atoms with Gasteiger partial charge < -0.3 is 20.5 Å². The molecule has 110 valence electrons. The molecule has 0 atom stereocenters. The summed E-state index contributed by atoms with van der Waals surface area (Å²) in [5, 5.41) is 2.82. The van der Waals surface area contributed by atoms with Gasteiger partial charge in [-0.25, -0.2) is 0 Å². The van der Waals surface area contributed by atoms with Crippen LogP contribution in [0, 0.1) is 0 Å². The Morgan fingerprint density at radius 2 is 2.10 bits per heavy atom. The highest BCUT2D eigenvalue weighted by Crippen LogP contribution is 2.32. The number of ether oxygens (including phenoxy) is 2. The Hall–Kier alpha value is -1.75. The van der Waals surface area contributed by atoms with Crippen LogP contribution in [0.3, 0.4) is 0 Å². The Labute approximate surface area is 119 Å². The van der Waals surface area contributed by atoms with Crippen LogP contribution in [0.15, 0.2) is 12.1 Å². The normalized spacial score (nSPS) is 13.8. The van der Waals surface area contributed by atoms with Gasteiger partial charge in [-0.05, 0) is 30.5 Å². The van der Waals surface area contributed by atoms with Gasteiger partial charge in [0.2, 0.25) is 5.91 Å². The van der Waals surface area contributed by atoms with E-state index in [0.29, 0.717) is 31.1 Å². The van der Waals surface area contributed by atoms with Crippen LogP contribution >= 0.6 is 0 Å². The number of carbonyl (C=O) groups excluding carboxylic acids is 1. The van der Waals surface area contributed by atoms with E-state index in [1.54, 1.807) is 6.07 Å². The SMILES string of the molecule is CCCCOCCOc1cc2c(cc1N)NC(=O)CC2. The van der Waals surface area contributed by atoms with E-state index in [1.165, 1.54) is 0 Å². The van der Waals surface area contributed by atoms with Crippen molar-refractivity contribution in [2.24, 2.45) is 0 Å². The monoisotopic (exact) mass is 278 g/mol. The van der Waals surface area contributed by atoms with Crippen LogP contribution in [0.25, 0.3) is 0 Å². The number of fused-ring (bicyclic) bond motifs is 1. The molecule has 3 N–H and O–H groups in total. The molecule has 0 saturated carbocycles. The highest BCUT2D eigenvalue weighted by Gasteiger charge is 2.17. The van der Waals surface area contributed by atoms with E-state index in [0.717, 1.165) is 37.1 Å². The number of anilines is 2. The van der Waals surface area contributed by atoms with Crippen molar-refractivity contribution in [2.45, 2.75) is 32.6 Å². The third-order valence-corrected chi connectivity index (χ3v) is 3.26. The van der Waals surface area contributed by atoms with Crippen LogP contribution in [-0.2, 0) is 16.0 Å². The molecule has 1 heterocycles. The molecule has 1 aromatic carbocycles. The summed E-state index contributed by atoms with van der Waals surface area (Å²) in [5.41, 5.74) is 8.34. The minimum absolute atomic E-state index is 0.0369. The lowest BCUT2D eigenvalue weighted by Gasteiger charge is -2.19. The van der Waals surface area contributed by atoms with Crippen LogP contribution in [0.2, 0.25) is 0 Å². The summed E-state index contributed by atoms with van der Waals surface area (Å²) in [5.74, 6) is 0.703. The van der Waals surface area contributed by atoms with Gasteiger partial charge >= 0.3 is 0 Å². The number of aryl methyl sites for hydroxylation is 1. The average molecular weight is 278 g/mol. The summed E-state index contributed by atoms with van der Waals surface area (Å²) in [6, 6.07) is 3.68.